The molecular formula is C13H19N. The van der Waals surface area contributed by atoms with Gasteiger partial charge in [-0.3, -0.25) is 4.98 Å². The van der Waals surface area contributed by atoms with Crippen molar-refractivity contribution in [3.05, 3.63) is 41.7 Å². The second-order valence-corrected chi connectivity index (χ2v) is 4.29. The summed E-state index contributed by atoms with van der Waals surface area (Å²) in [4.78, 5) is 4.05. The van der Waals surface area contributed by atoms with Gasteiger partial charge in [-0.25, -0.2) is 0 Å². The summed E-state index contributed by atoms with van der Waals surface area (Å²) in [5, 5.41) is 0. The fourth-order valence-corrected chi connectivity index (χ4v) is 1.62. The smallest absolute Gasteiger partial charge is 0.0270 e. The number of allylic oxidation sites excluding steroid dienone is 2. The molecule has 0 bridgehead atoms. The van der Waals surface area contributed by atoms with E-state index in [4.69, 9.17) is 0 Å². The summed E-state index contributed by atoms with van der Waals surface area (Å²) < 4.78 is 0. The molecular weight excluding hydrogens is 170 g/mol. The average Bonchev–Trinajstić information content (AvgIpc) is 2.15. The van der Waals surface area contributed by atoms with Gasteiger partial charge in [-0.15, -0.1) is 0 Å². The molecule has 1 unspecified atom stereocenters. The molecule has 0 spiro atoms. The van der Waals surface area contributed by atoms with Crippen LogP contribution in [0.3, 0.4) is 0 Å². The first-order valence-corrected chi connectivity index (χ1v) is 5.16. The topological polar surface area (TPSA) is 12.9 Å². The number of aromatic nitrogens is 1. The zero-order valence-corrected chi connectivity index (χ0v) is 9.49. The Morgan fingerprint density at radius 2 is 1.79 bits per heavy atom. The first-order chi connectivity index (χ1) is 6.61. The summed E-state index contributed by atoms with van der Waals surface area (Å²) >= 11 is 0. The quantitative estimate of drug-likeness (QED) is 0.659. The minimum absolute atomic E-state index is 0.517. The Balaban J connectivity index is 2.95. The molecule has 1 aromatic rings. The maximum absolute atomic E-state index is 4.05. The minimum atomic E-state index is 0.517. The van der Waals surface area contributed by atoms with Crippen molar-refractivity contribution < 1.29 is 0 Å². The molecule has 0 saturated heterocycles. The standard InChI is InChI=1S/C13H19N/c1-10(2)9-13(11(3)4)12-5-7-14-8-6-12/h5-9,11,13H,1-4H3. The van der Waals surface area contributed by atoms with Gasteiger partial charge in [-0.1, -0.05) is 25.5 Å². The summed E-state index contributed by atoms with van der Waals surface area (Å²) in [7, 11) is 0. The van der Waals surface area contributed by atoms with E-state index in [2.05, 4.69) is 50.9 Å². The van der Waals surface area contributed by atoms with Crippen molar-refractivity contribution in [3.63, 3.8) is 0 Å². The van der Waals surface area contributed by atoms with Crippen LogP contribution in [0, 0.1) is 5.92 Å². The van der Waals surface area contributed by atoms with Crippen LogP contribution < -0.4 is 0 Å². The first kappa shape index (κ1) is 11.0. The molecule has 1 aromatic heterocycles. The zero-order valence-electron chi connectivity index (χ0n) is 9.49. The molecule has 0 fully saturated rings. The third-order valence-electron chi connectivity index (χ3n) is 2.32. The number of hydrogen-bond donors (Lipinski definition) is 0. The van der Waals surface area contributed by atoms with Gasteiger partial charge in [0.25, 0.3) is 0 Å². The van der Waals surface area contributed by atoms with Gasteiger partial charge in [0.1, 0.15) is 0 Å². The van der Waals surface area contributed by atoms with Gasteiger partial charge in [-0.05, 0) is 37.5 Å². The lowest BCUT2D eigenvalue weighted by atomic mass is 9.88. The van der Waals surface area contributed by atoms with Crippen molar-refractivity contribution in [1.29, 1.82) is 0 Å². The van der Waals surface area contributed by atoms with Crippen LogP contribution in [0.25, 0.3) is 0 Å². The van der Waals surface area contributed by atoms with E-state index in [1.54, 1.807) is 0 Å². The highest BCUT2D eigenvalue weighted by Gasteiger charge is 2.12. The Morgan fingerprint density at radius 3 is 2.21 bits per heavy atom. The summed E-state index contributed by atoms with van der Waals surface area (Å²) in [6.45, 7) is 8.81. The molecule has 1 rings (SSSR count). The van der Waals surface area contributed by atoms with Gasteiger partial charge >= 0.3 is 0 Å². The van der Waals surface area contributed by atoms with E-state index in [-0.39, 0.29) is 0 Å². The molecule has 0 aliphatic carbocycles. The summed E-state index contributed by atoms with van der Waals surface area (Å²) in [5.41, 5.74) is 2.73. The molecule has 14 heavy (non-hydrogen) atoms. The van der Waals surface area contributed by atoms with Crippen molar-refractivity contribution in [2.24, 2.45) is 5.92 Å². The molecule has 76 valence electrons. The minimum Gasteiger partial charge on any atom is -0.265 e. The van der Waals surface area contributed by atoms with E-state index in [1.165, 1.54) is 11.1 Å². The van der Waals surface area contributed by atoms with E-state index < -0.39 is 0 Å². The van der Waals surface area contributed by atoms with E-state index >= 15 is 0 Å². The predicted octanol–water partition coefficient (Wildman–Crippen LogP) is 3.79. The molecule has 1 heterocycles. The summed E-state index contributed by atoms with van der Waals surface area (Å²) in [5.74, 6) is 1.15. The molecule has 1 heteroatoms. The van der Waals surface area contributed by atoms with Crippen molar-refractivity contribution >= 4 is 0 Å². The molecule has 0 aliphatic rings. The molecule has 0 N–H and O–H groups in total. The fraction of sp³-hybridized carbons (Fsp3) is 0.462. The van der Waals surface area contributed by atoms with Gasteiger partial charge in [0.2, 0.25) is 0 Å². The van der Waals surface area contributed by atoms with Crippen molar-refractivity contribution in [3.8, 4) is 0 Å². The van der Waals surface area contributed by atoms with Crippen LogP contribution in [0.15, 0.2) is 36.2 Å². The highest BCUT2D eigenvalue weighted by molar-refractivity contribution is 5.23. The van der Waals surface area contributed by atoms with Crippen LogP contribution in [0.1, 0.15) is 39.2 Å². The molecule has 0 aromatic carbocycles. The summed E-state index contributed by atoms with van der Waals surface area (Å²) in [6, 6.07) is 4.20. The lowest BCUT2D eigenvalue weighted by molar-refractivity contribution is 0.575. The van der Waals surface area contributed by atoms with Gasteiger partial charge < -0.3 is 0 Å². The van der Waals surface area contributed by atoms with Gasteiger partial charge in [0.05, 0.1) is 0 Å². The largest absolute Gasteiger partial charge is 0.265 e. The molecule has 0 aliphatic heterocycles. The average molecular weight is 189 g/mol. The van der Waals surface area contributed by atoms with E-state index in [0.29, 0.717) is 11.8 Å². The Bertz CT molecular complexity index is 294. The lowest BCUT2D eigenvalue weighted by Gasteiger charge is -2.17. The molecule has 0 amide bonds. The maximum atomic E-state index is 4.05. The van der Waals surface area contributed by atoms with Crippen molar-refractivity contribution in [2.75, 3.05) is 0 Å². The second kappa shape index (κ2) is 4.94. The number of nitrogens with zero attached hydrogens (tertiary/aromatic N) is 1. The van der Waals surface area contributed by atoms with Gasteiger partial charge in [-0.2, -0.15) is 0 Å². The zero-order chi connectivity index (χ0) is 10.6. The van der Waals surface area contributed by atoms with E-state index in [9.17, 15) is 0 Å². The maximum Gasteiger partial charge on any atom is 0.0270 e. The van der Waals surface area contributed by atoms with Crippen LogP contribution in [0.2, 0.25) is 0 Å². The van der Waals surface area contributed by atoms with Crippen molar-refractivity contribution in [1.82, 2.24) is 4.98 Å². The summed E-state index contributed by atoms with van der Waals surface area (Å²) in [6.07, 6.45) is 6.06. The Hall–Kier alpha value is -1.11. The second-order valence-electron chi connectivity index (χ2n) is 4.29. The van der Waals surface area contributed by atoms with Crippen LogP contribution in [0.4, 0.5) is 0 Å². The molecule has 0 saturated carbocycles. The van der Waals surface area contributed by atoms with Crippen LogP contribution in [-0.4, -0.2) is 4.98 Å². The monoisotopic (exact) mass is 189 g/mol. The predicted molar refractivity (Wildman–Crippen MR) is 61.2 cm³/mol. The normalized spacial score (nSPS) is 12.6. The fourth-order valence-electron chi connectivity index (χ4n) is 1.62. The Kier molecular flexibility index (Phi) is 3.87. The molecule has 1 atom stereocenters. The van der Waals surface area contributed by atoms with E-state index in [1.807, 2.05) is 12.4 Å². The van der Waals surface area contributed by atoms with Gasteiger partial charge in [0, 0.05) is 18.3 Å². The highest BCUT2D eigenvalue weighted by Crippen LogP contribution is 2.26. The van der Waals surface area contributed by atoms with E-state index in [0.717, 1.165) is 0 Å². The number of rotatable bonds is 3. The Morgan fingerprint density at radius 1 is 1.21 bits per heavy atom. The van der Waals surface area contributed by atoms with Crippen LogP contribution in [-0.2, 0) is 0 Å². The molecule has 0 radical (unpaired) electrons. The SMILES string of the molecule is CC(C)=CC(c1ccncc1)C(C)C. The van der Waals surface area contributed by atoms with Crippen LogP contribution in [0.5, 0.6) is 0 Å². The number of hydrogen-bond acceptors (Lipinski definition) is 1. The number of pyridine rings is 1. The lowest BCUT2D eigenvalue weighted by Crippen LogP contribution is -2.04. The Labute approximate surface area is 86.9 Å². The third-order valence-corrected chi connectivity index (χ3v) is 2.32. The molecule has 1 nitrogen and oxygen atoms in total. The first-order valence-electron chi connectivity index (χ1n) is 5.16. The van der Waals surface area contributed by atoms with Crippen molar-refractivity contribution in [2.45, 2.75) is 33.6 Å². The van der Waals surface area contributed by atoms with Gasteiger partial charge in [0.15, 0.2) is 0 Å². The highest BCUT2D eigenvalue weighted by atomic mass is 14.6. The third kappa shape index (κ3) is 2.99. The van der Waals surface area contributed by atoms with Crippen LogP contribution >= 0.6 is 0 Å².